The highest BCUT2D eigenvalue weighted by Crippen LogP contribution is 2.25. The van der Waals surface area contributed by atoms with Gasteiger partial charge in [0.2, 0.25) is 0 Å². The summed E-state index contributed by atoms with van der Waals surface area (Å²) in [6.45, 7) is 3.68. The lowest BCUT2D eigenvalue weighted by Crippen LogP contribution is -2.11. The van der Waals surface area contributed by atoms with Crippen molar-refractivity contribution in [1.82, 2.24) is 9.97 Å². The molecule has 0 amide bonds. The zero-order chi connectivity index (χ0) is 13.4. The summed E-state index contributed by atoms with van der Waals surface area (Å²) < 4.78 is 5.21. The number of aromatic nitrogens is 2. The lowest BCUT2D eigenvalue weighted by atomic mass is 10.1. The number of carbonyl (C=O) groups is 1. The summed E-state index contributed by atoms with van der Waals surface area (Å²) in [6.07, 6.45) is 1.62. The second-order valence-electron chi connectivity index (χ2n) is 4.74. The predicted molar refractivity (Wildman–Crippen MR) is 74.2 cm³/mol. The molecule has 2 heterocycles. The molecule has 2 aromatic heterocycles. The van der Waals surface area contributed by atoms with Gasteiger partial charge in [0.05, 0.1) is 11.7 Å². The normalized spacial score (nSPS) is 11.3. The number of hydrogen-bond donors (Lipinski definition) is 1. The molecule has 0 aliphatic carbocycles. The third kappa shape index (κ3) is 2.05. The van der Waals surface area contributed by atoms with Crippen molar-refractivity contribution in [2.45, 2.75) is 20.0 Å². The van der Waals surface area contributed by atoms with Gasteiger partial charge in [0.1, 0.15) is 5.65 Å². The van der Waals surface area contributed by atoms with Gasteiger partial charge < -0.3 is 9.72 Å². The van der Waals surface area contributed by atoms with E-state index >= 15 is 0 Å². The minimum atomic E-state index is -0.296. The summed E-state index contributed by atoms with van der Waals surface area (Å²) in [5, 5.41) is 2.00. The Bertz CT molecular complexity index is 759. The third-order valence-electron chi connectivity index (χ3n) is 2.95. The number of fused-ring (bicyclic) bond motifs is 3. The number of ether oxygens (including phenoxy) is 1. The van der Waals surface area contributed by atoms with Crippen molar-refractivity contribution in [3.8, 4) is 0 Å². The summed E-state index contributed by atoms with van der Waals surface area (Å²) in [5.74, 6) is -0.296. The first-order chi connectivity index (χ1) is 9.15. The molecule has 4 nitrogen and oxygen atoms in total. The first-order valence-corrected chi connectivity index (χ1v) is 6.22. The largest absolute Gasteiger partial charge is 0.459 e. The van der Waals surface area contributed by atoms with Crippen molar-refractivity contribution in [3.63, 3.8) is 0 Å². The molecule has 0 saturated heterocycles. The second-order valence-corrected chi connectivity index (χ2v) is 4.74. The van der Waals surface area contributed by atoms with Gasteiger partial charge in [0.25, 0.3) is 0 Å². The number of hydrogen-bond acceptors (Lipinski definition) is 3. The molecule has 0 fully saturated rings. The molecule has 0 aliphatic rings. The van der Waals surface area contributed by atoms with E-state index in [1.165, 1.54) is 0 Å². The highest BCUT2D eigenvalue weighted by Gasteiger charge is 2.12. The highest BCUT2D eigenvalue weighted by molar-refractivity contribution is 6.08. The summed E-state index contributed by atoms with van der Waals surface area (Å²) in [5.41, 5.74) is 2.35. The van der Waals surface area contributed by atoms with Crippen LogP contribution in [0.3, 0.4) is 0 Å². The maximum absolute atomic E-state index is 11.9. The molecule has 0 bridgehead atoms. The lowest BCUT2D eigenvalue weighted by Gasteiger charge is -2.07. The van der Waals surface area contributed by atoms with Gasteiger partial charge in [-0.3, -0.25) is 0 Å². The Labute approximate surface area is 110 Å². The summed E-state index contributed by atoms with van der Waals surface area (Å²) >= 11 is 0. The van der Waals surface area contributed by atoms with Gasteiger partial charge in [-0.15, -0.1) is 0 Å². The van der Waals surface area contributed by atoms with E-state index in [-0.39, 0.29) is 12.1 Å². The van der Waals surface area contributed by atoms with Crippen LogP contribution in [0.15, 0.2) is 36.5 Å². The Morgan fingerprint density at radius 2 is 2.11 bits per heavy atom. The van der Waals surface area contributed by atoms with Crippen LogP contribution >= 0.6 is 0 Å². The fraction of sp³-hybridized carbons (Fsp3) is 0.200. The Morgan fingerprint density at radius 3 is 2.89 bits per heavy atom. The SMILES string of the molecule is CC(C)OC(=O)c1ccc2[nH]c3ncccc3c2c1. The van der Waals surface area contributed by atoms with Gasteiger partial charge >= 0.3 is 5.97 Å². The molecule has 1 aromatic carbocycles. The Kier molecular flexibility index (Phi) is 2.71. The molecule has 4 heteroatoms. The Balaban J connectivity index is 2.14. The number of nitrogens with one attached hydrogen (secondary N) is 1. The van der Waals surface area contributed by atoms with E-state index in [2.05, 4.69) is 9.97 Å². The van der Waals surface area contributed by atoms with E-state index in [1.807, 2.05) is 38.1 Å². The zero-order valence-electron chi connectivity index (χ0n) is 10.8. The summed E-state index contributed by atoms with van der Waals surface area (Å²) in [6, 6.07) is 9.37. The van der Waals surface area contributed by atoms with Crippen molar-refractivity contribution >= 4 is 27.9 Å². The van der Waals surface area contributed by atoms with Gasteiger partial charge in [-0.25, -0.2) is 9.78 Å². The van der Waals surface area contributed by atoms with Gasteiger partial charge in [0, 0.05) is 22.5 Å². The molecule has 0 spiro atoms. The molecule has 0 saturated carbocycles. The average Bonchev–Trinajstić information content (AvgIpc) is 2.75. The number of aromatic amines is 1. The van der Waals surface area contributed by atoms with Crippen molar-refractivity contribution in [3.05, 3.63) is 42.1 Å². The van der Waals surface area contributed by atoms with E-state index in [9.17, 15) is 4.79 Å². The first kappa shape index (κ1) is 11.7. The van der Waals surface area contributed by atoms with Gasteiger partial charge in [-0.2, -0.15) is 0 Å². The highest BCUT2D eigenvalue weighted by atomic mass is 16.5. The quantitative estimate of drug-likeness (QED) is 0.714. The number of pyridine rings is 1. The van der Waals surface area contributed by atoms with E-state index in [1.54, 1.807) is 12.3 Å². The number of benzene rings is 1. The van der Waals surface area contributed by atoms with Crippen LogP contribution in [-0.4, -0.2) is 22.0 Å². The molecule has 0 unspecified atom stereocenters. The summed E-state index contributed by atoms with van der Waals surface area (Å²) in [7, 11) is 0. The van der Waals surface area contributed by atoms with Crippen LogP contribution in [0.5, 0.6) is 0 Å². The maximum atomic E-state index is 11.9. The number of nitrogens with zero attached hydrogens (tertiary/aromatic N) is 1. The van der Waals surface area contributed by atoms with Crippen LogP contribution in [0.4, 0.5) is 0 Å². The van der Waals surface area contributed by atoms with Crippen LogP contribution in [0.25, 0.3) is 21.9 Å². The third-order valence-corrected chi connectivity index (χ3v) is 2.95. The van der Waals surface area contributed by atoms with Crippen molar-refractivity contribution < 1.29 is 9.53 Å². The zero-order valence-corrected chi connectivity index (χ0v) is 10.8. The van der Waals surface area contributed by atoms with Crippen molar-refractivity contribution in [2.24, 2.45) is 0 Å². The number of rotatable bonds is 2. The molecular formula is C15H14N2O2. The first-order valence-electron chi connectivity index (χ1n) is 6.22. The summed E-state index contributed by atoms with van der Waals surface area (Å²) in [4.78, 5) is 19.4. The fourth-order valence-electron chi connectivity index (χ4n) is 2.13. The maximum Gasteiger partial charge on any atom is 0.338 e. The molecule has 0 aliphatic heterocycles. The van der Waals surface area contributed by atoms with E-state index in [4.69, 9.17) is 4.74 Å². The Hall–Kier alpha value is -2.36. The average molecular weight is 254 g/mol. The van der Waals surface area contributed by atoms with Crippen LogP contribution in [-0.2, 0) is 4.74 Å². The van der Waals surface area contributed by atoms with Gasteiger partial charge in [-0.05, 0) is 44.2 Å². The second kappa shape index (κ2) is 4.39. The van der Waals surface area contributed by atoms with Crippen molar-refractivity contribution in [2.75, 3.05) is 0 Å². The molecule has 3 aromatic rings. The standard InChI is InChI=1S/C15H14N2O2/c1-9(2)19-15(18)10-5-6-13-12(8-10)11-4-3-7-16-14(11)17-13/h3-9H,1-2H3,(H,16,17). The minimum Gasteiger partial charge on any atom is -0.459 e. The number of carbonyl (C=O) groups excluding carboxylic acids is 1. The Morgan fingerprint density at radius 1 is 1.26 bits per heavy atom. The van der Waals surface area contributed by atoms with Crippen LogP contribution in [0.2, 0.25) is 0 Å². The van der Waals surface area contributed by atoms with Crippen LogP contribution < -0.4 is 0 Å². The van der Waals surface area contributed by atoms with E-state index in [0.717, 1.165) is 21.9 Å². The smallest absolute Gasteiger partial charge is 0.338 e. The van der Waals surface area contributed by atoms with Crippen LogP contribution in [0, 0.1) is 0 Å². The van der Waals surface area contributed by atoms with Gasteiger partial charge in [-0.1, -0.05) is 0 Å². The van der Waals surface area contributed by atoms with Crippen LogP contribution in [0.1, 0.15) is 24.2 Å². The van der Waals surface area contributed by atoms with E-state index in [0.29, 0.717) is 5.56 Å². The minimum absolute atomic E-state index is 0.118. The van der Waals surface area contributed by atoms with E-state index < -0.39 is 0 Å². The lowest BCUT2D eigenvalue weighted by molar-refractivity contribution is 0.0378. The molecule has 0 atom stereocenters. The molecule has 3 rings (SSSR count). The molecule has 19 heavy (non-hydrogen) atoms. The molecular weight excluding hydrogens is 240 g/mol. The van der Waals surface area contributed by atoms with Gasteiger partial charge in [0.15, 0.2) is 0 Å². The monoisotopic (exact) mass is 254 g/mol. The molecule has 0 radical (unpaired) electrons. The fourth-order valence-corrected chi connectivity index (χ4v) is 2.13. The number of esters is 1. The topological polar surface area (TPSA) is 55.0 Å². The van der Waals surface area contributed by atoms with Crippen molar-refractivity contribution in [1.29, 1.82) is 0 Å². The number of H-pyrrole nitrogens is 1. The molecule has 96 valence electrons. The predicted octanol–water partition coefficient (Wildman–Crippen LogP) is 3.28. The molecule has 1 N–H and O–H groups in total.